The number of hydrogen-bond donors (Lipinski definition) is 0. The minimum absolute atomic E-state index is 0.547. The molecule has 0 saturated heterocycles. The fourth-order valence-corrected chi connectivity index (χ4v) is 1.94. The van der Waals surface area contributed by atoms with Crippen molar-refractivity contribution in [2.24, 2.45) is 11.8 Å². The van der Waals surface area contributed by atoms with Crippen LogP contribution in [0.4, 0.5) is 0 Å². The molecular weight excluding hydrogens is 192 g/mol. The molecule has 14 heavy (non-hydrogen) atoms. The maximum absolute atomic E-state index is 4.16. The quantitative estimate of drug-likeness (QED) is 0.422. The molecule has 0 N–H and O–H groups in total. The first-order chi connectivity index (χ1) is 6.74. The Morgan fingerprint density at radius 1 is 1.43 bits per heavy atom. The van der Waals surface area contributed by atoms with E-state index in [1.807, 2.05) is 12.1 Å². The second kappa shape index (κ2) is 5.81. The fourth-order valence-electron chi connectivity index (χ4n) is 0.950. The SMILES string of the molecule is C=C[C@H](C)[C@H](C)CSc1ncccn1. The molecule has 0 bridgehead atoms. The van der Waals surface area contributed by atoms with Crippen LogP contribution in [0.1, 0.15) is 13.8 Å². The lowest BCUT2D eigenvalue weighted by Crippen LogP contribution is -2.07. The molecule has 0 amide bonds. The van der Waals surface area contributed by atoms with Gasteiger partial charge in [0.05, 0.1) is 0 Å². The Labute approximate surface area is 89.9 Å². The monoisotopic (exact) mass is 208 g/mol. The lowest BCUT2D eigenvalue weighted by atomic mass is 9.99. The molecule has 1 aromatic heterocycles. The minimum Gasteiger partial charge on any atom is -0.231 e. The van der Waals surface area contributed by atoms with Crippen LogP contribution in [0.3, 0.4) is 0 Å². The smallest absolute Gasteiger partial charge is 0.187 e. The highest BCUT2D eigenvalue weighted by Crippen LogP contribution is 2.21. The zero-order valence-corrected chi connectivity index (χ0v) is 9.50. The van der Waals surface area contributed by atoms with E-state index in [1.165, 1.54) is 0 Å². The van der Waals surface area contributed by atoms with Crippen LogP contribution >= 0.6 is 11.8 Å². The fraction of sp³-hybridized carbons (Fsp3) is 0.455. The molecule has 1 heterocycles. The van der Waals surface area contributed by atoms with Crippen molar-refractivity contribution in [1.82, 2.24) is 9.97 Å². The minimum atomic E-state index is 0.547. The molecule has 1 rings (SSSR count). The summed E-state index contributed by atoms with van der Waals surface area (Å²) in [5.74, 6) is 2.20. The third-order valence-electron chi connectivity index (χ3n) is 2.29. The highest BCUT2D eigenvalue weighted by Gasteiger charge is 2.09. The molecule has 0 spiro atoms. The Bertz CT molecular complexity index is 274. The second-order valence-corrected chi connectivity index (χ2v) is 4.40. The summed E-state index contributed by atoms with van der Waals surface area (Å²) in [5, 5.41) is 0.857. The van der Waals surface area contributed by atoms with E-state index in [2.05, 4.69) is 30.4 Å². The van der Waals surface area contributed by atoms with E-state index < -0.39 is 0 Å². The highest BCUT2D eigenvalue weighted by molar-refractivity contribution is 7.99. The molecule has 0 aliphatic heterocycles. The van der Waals surface area contributed by atoms with Crippen molar-refractivity contribution in [1.29, 1.82) is 0 Å². The summed E-state index contributed by atoms with van der Waals surface area (Å²) in [7, 11) is 0. The molecule has 3 heteroatoms. The molecular formula is C11H16N2S. The van der Waals surface area contributed by atoms with Crippen LogP contribution in [-0.2, 0) is 0 Å². The van der Waals surface area contributed by atoms with Crippen LogP contribution in [0.5, 0.6) is 0 Å². The standard InChI is InChI=1S/C11H16N2S/c1-4-9(2)10(3)8-14-11-12-6-5-7-13-11/h4-7,9-10H,1,8H2,2-3H3/t9-,10+/m0/s1. The van der Waals surface area contributed by atoms with Crippen LogP contribution < -0.4 is 0 Å². The Kier molecular flexibility index (Phi) is 4.66. The largest absolute Gasteiger partial charge is 0.231 e. The number of allylic oxidation sites excluding steroid dienone is 1. The lowest BCUT2D eigenvalue weighted by molar-refractivity contribution is 0.513. The van der Waals surface area contributed by atoms with Gasteiger partial charge < -0.3 is 0 Å². The molecule has 0 aliphatic rings. The van der Waals surface area contributed by atoms with Crippen molar-refractivity contribution >= 4 is 11.8 Å². The third-order valence-corrected chi connectivity index (χ3v) is 3.45. The molecule has 2 nitrogen and oxygen atoms in total. The molecule has 76 valence electrons. The predicted molar refractivity (Wildman–Crippen MR) is 61.3 cm³/mol. The van der Waals surface area contributed by atoms with E-state index in [1.54, 1.807) is 24.2 Å². The molecule has 0 aromatic carbocycles. The van der Waals surface area contributed by atoms with Gasteiger partial charge in [0.2, 0.25) is 0 Å². The molecule has 0 radical (unpaired) electrons. The summed E-state index contributed by atoms with van der Waals surface area (Å²) in [6, 6.07) is 1.83. The van der Waals surface area contributed by atoms with Gasteiger partial charge in [-0.1, -0.05) is 31.7 Å². The zero-order chi connectivity index (χ0) is 10.4. The molecule has 0 unspecified atom stereocenters. The van der Waals surface area contributed by atoms with Gasteiger partial charge in [-0.2, -0.15) is 0 Å². The Balaban J connectivity index is 2.37. The molecule has 2 atom stereocenters. The van der Waals surface area contributed by atoms with Crippen LogP contribution in [0.15, 0.2) is 36.3 Å². The van der Waals surface area contributed by atoms with E-state index in [-0.39, 0.29) is 0 Å². The van der Waals surface area contributed by atoms with Crippen molar-refractivity contribution in [3.8, 4) is 0 Å². The Morgan fingerprint density at radius 3 is 2.64 bits per heavy atom. The average molecular weight is 208 g/mol. The van der Waals surface area contributed by atoms with E-state index in [4.69, 9.17) is 0 Å². The normalized spacial score (nSPS) is 14.7. The van der Waals surface area contributed by atoms with Crippen molar-refractivity contribution in [2.45, 2.75) is 19.0 Å². The van der Waals surface area contributed by atoms with Gasteiger partial charge in [0.1, 0.15) is 0 Å². The van der Waals surface area contributed by atoms with Crippen molar-refractivity contribution in [2.75, 3.05) is 5.75 Å². The van der Waals surface area contributed by atoms with Gasteiger partial charge >= 0.3 is 0 Å². The summed E-state index contributed by atoms with van der Waals surface area (Å²) in [5.41, 5.74) is 0. The Morgan fingerprint density at radius 2 is 2.07 bits per heavy atom. The average Bonchev–Trinajstić information content (AvgIpc) is 2.26. The molecule has 1 aromatic rings. The maximum atomic E-state index is 4.16. The first kappa shape index (κ1) is 11.2. The van der Waals surface area contributed by atoms with E-state index in [0.717, 1.165) is 10.9 Å². The van der Waals surface area contributed by atoms with Gasteiger partial charge in [0.15, 0.2) is 5.16 Å². The van der Waals surface area contributed by atoms with Crippen LogP contribution in [-0.4, -0.2) is 15.7 Å². The van der Waals surface area contributed by atoms with Gasteiger partial charge in [-0.25, -0.2) is 9.97 Å². The molecule has 0 fully saturated rings. The second-order valence-electron chi connectivity index (χ2n) is 3.41. The zero-order valence-electron chi connectivity index (χ0n) is 8.68. The maximum Gasteiger partial charge on any atom is 0.187 e. The van der Waals surface area contributed by atoms with Gasteiger partial charge in [0.25, 0.3) is 0 Å². The summed E-state index contributed by atoms with van der Waals surface area (Å²) in [4.78, 5) is 8.32. The molecule has 0 saturated carbocycles. The van der Waals surface area contributed by atoms with Crippen LogP contribution in [0.2, 0.25) is 0 Å². The summed E-state index contributed by atoms with van der Waals surface area (Å²) in [6.07, 6.45) is 5.55. The third kappa shape index (κ3) is 3.50. The predicted octanol–water partition coefficient (Wildman–Crippen LogP) is 3.03. The Hall–Kier alpha value is -0.830. The van der Waals surface area contributed by atoms with Gasteiger partial charge in [0, 0.05) is 18.1 Å². The van der Waals surface area contributed by atoms with Crippen LogP contribution in [0, 0.1) is 11.8 Å². The number of rotatable bonds is 5. The van der Waals surface area contributed by atoms with E-state index >= 15 is 0 Å². The number of aromatic nitrogens is 2. The summed E-state index contributed by atoms with van der Waals surface area (Å²) in [6.45, 7) is 8.21. The first-order valence-corrected chi connectivity index (χ1v) is 5.75. The van der Waals surface area contributed by atoms with Gasteiger partial charge in [-0.15, -0.1) is 6.58 Å². The number of nitrogens with zero attached hydrogens (tertiary/aromatic N) is 2. The number of thioether (sulfide) groups is 1. The molecule has 0 aliphatic carbocycles. The van der Waals surface area contributed by atoms with Crippen molar-refractivity contribution in [3.63, 3.8) is 0 Å². The van der Waals surface area contributed by atoms with Gasteiger partial charge in [-0.05, 0) is 17.9 Å². The van der Waals surface area contributed by atoms with E-state index in [0.29, 0.717) is 11.8 Å². The highest BCUT2D eigenvalue weighted by atomic mass is 32.2. The summed E-state index contributed by atoms with van der Waals surface area (Å²) >= 11 is 1.70. The topological polar surface area (TPSA) is 25.8 Å². The lowest BCUT2D eigenvalue weighted by Gasteiger charge is -2.14. The van der Waals surface area contributed by atoms with E-state index in [9.17, 15) is 0 Å². The first-order valence-electron chi connectivity index (χ1n) is 4.76. The number of hydrogen-bond acceptors (Lipinski definition) is 3. The van der Waals surface area contributed by atoms with Crippen molar-refractivity contribution in [3.05, 3.63) is 31.1 Å². The summed E-state index contributed by atoms with van der Waals surface area (Å²) < 4.78 is 0. The van der Waals surface area contributed by atoms with Crippen molar-refractivity contribution < 1.29 is 0 Å². The van der Waals surface area contributed by atoms with Gasteiger partial charge in [-0.3, -0.25) is 0 Å². The van der Waals surface area contributed by atoms with Crippen LogP contribution in [0.25, 0.3) is 0 Å².